The molecule has 0 amide bonds. The van der Waals surface area contributed by atoms with Gasteiger partial charge >= 0.3 is 0 Å². The Labute approximate surface area is 350 Å². The van der Waals surface area contributed by atoms with Crippen LogP contribution in [0.3, 0.4) is 0 Å². The third-order valence-corrected chi connectivity index (χ3v) is 12.6. The van der Waals surface area contributed by atoms with Crippen LogP contribution < -0.4 is 0 Å². The van der Waals surface area contributed by atoms with E-state index < -0.39 is 0 Å². The van der Waals surface area contributed by atoms with Crippen LogP contribution in [0.5, 0.6) is 0 Å². The molecule has 0 aliphatic heterocycles. The molecule has 3 nitrogen and oxygen atoms in total. The number of benzene rings is 10. The highest BCUT2D eigenvalue weighted by Gasteiger charge is 2.26. The lowest BCUT2D eigenvalue weighted by Crippen LogP contribution is -1.94. The first-order chi connectivity index (χ1) is 30.3. The molecular formula is C58H35NO2. The summed E-state index contributed by atoms with van der Waals surface area (Å²) in [6, 6.07) is 76.0. The van der Waals surface area contributed by atoms with Crippen LogP contribution >= 0.6 is 0 Å². The van der Waals surface area contributed by atoms with Gasteiger partial charge in [0.05, 0.1) is 11.0 Å². The van der Waals surface area contributed by atoms with Crippen molar-refractivity contribution in [3.8, 4) is 50.4 Å². The zero-order valence-electron chi connectivity index (χ0n) is 33.0. The lowest BCUT2D eigenvalue weighted by atomic mass is 9.84. The Bertz CT molecular complexity index is 3800. The van der Waals surface area contributed by atoms with Crippen LogP contribution in [-0.4, -0.2) is 4.57 Å². The van der Waals surface area contributed by atoms with E-state index in [-0.39, 0.29) is 0 Å². The Hall–Kier alpha value is -8.14. The second-order valence-electron chi connectivity index (χ2n) is 15.9. The molecular weight excluding hydrogens is 743 g/mol. The fourth-order valence-electron chi connectivity index (χ4n) is 10.1. The molecule has 0 atom stereocenters. The van der Waals surface area contributed by atoms with Gasteiger partial charge in [0.2, 0.25) is 0 Å². The second-order valence-corrected chi connectivity index (χ2v) is 15.9. The molecule has 0 radical (unpaired) electrons. The second kappa shape index (κ2) is 13.2. The van der Waals surface area contributed by atoms with E-state index in [1.807, 2.05) is 6.07 Å². The predicted molar refractivity (Wildman–Crippen MR) is 255 cm³/mol. The Morgan fingerprint density at radius 2 is 0.787 bits per heavy atom. The molecule has 284 valence electrons. The maximum absolute atomic E-state index is 6.93. The summed E-state index contributed by atoms with van der Waals surface area (Å²) in [5.41, 5.74) is 13.8. The summed E-state index contributed by atoms with van der Waals surface area (Å²) in [5.74, 6) is 0.837. The molecule has 0 spiro atoms. The SMILES string of the molecule is c1ccc(-c2oc3c(ccc4c3oc3cccc(-c5c6ccccc6c(-c6cccc7c6c6ccccc6n7-c6ccccc6)c6ccccc56)c34)c2-c2ccccc2)cc1. The molecule has 0 fully saturated rings. The average Bonchev–Trinajstić information content (AvgIpc) is 4.02. The van der Waals surface area contributed by atoms with E-state index in [2.05, 4.69) is 211 Å². The van der Waals surface area contributed by atoms with Gasteiger partial charge in [0.1, 0.15) is 11.3 Å². The van der Waals surface area contributed by atoms with Crippen molar-refractivity contribution in [3.05, 3.63) is 212 Å². The molecule has 13 aromatic rings. The average molecular weight is 778 g/mol. The normalized spacial score (nSPS) is 11.9. The van der Waals surface area contributed by atoms with E-state index in [9.17, 15) is 0 Å². The van der Waals surface area contributed by atoms with Gasteiger partial charge in [0.25, 0.3) is 0 Å². The van der Waals surface area contributed by atoms with Crippen LogP contribution in [0.25, 0.3) is 127 Å². The fourth-order valence-corrected chi connectivity index (χ4v) is 10.1. The van der Waals surface area contributed by atoms with Crippen LogP contribution in [-0.2, 0) is 0 Å². The molecule has 0 aliphatic carbocycles. The lowest BCUT2D eigenvalue weighted by Gasteiger charge is -2.19. The van der Waals surface area contributed by atoms with Crippen molar-refractivity contribution in [1.82, 2.24) is 4.57 Å². The summed E-state index contributed by atoms with van der Waals surface area (Å²) in [6.45, 7) is 0. The van der Waals surface area contributed by atoms with Crippen molar-refractivity contribution in [3.63, 3.8) is 0 Å². The molecule has 0 N–H and O–H groups in total. The van der Waals surface area contributed by atoms with E-state index >= 15 is 0 Å². The summed E-state index contributed by atoms with van der Waals surface area (Å²) < 4.78 is 16.3. The smallest absolute Gasteiger partial charge is 0.178 e. The van der Waals surface area contributed by atoms with Gasteiger partial charge in [0, 0.05) is 43.7 Å². The summed E-state index contributed by atoms with van der Waals surface area (Å²) >= 11 is 0. The quantitative estimate of drug-likeness (QED) is 0.163. The number of hydrogen-bond acceptors (Lipinski definition) is 2. The molecule has 3 heterocycles. The van der Waals surface area contributed by atoms with Crippen molar-refractivity contribution in [2.75, 3.05) is 0 Å². The number of rotatable bonds is 5. The highest BCUT2D eigenvalue weighted by atomic mass is 16.4. The number of nitrogens with zero attached hydrogens (tertiary/aromatic N) is 1. The van der Waals surface area contributed by atoms with Crippen molar-refractivity contribution in [2.24, 2.45) is 0 Å². The first-order valence-corrected chi connectivity index (χ1v) is 20.9. The zero-order valence-corrected chi connectivity index (χ0v) is 33.0. The minimum atomic E-state index is 0.755. The van der Waals surface area contributed by atoms with E-state index in [4.69, 9.17) is 8.83 Å². The largest absolute Gasteiger partial charge is 0.452 e. The topological polar surface area (TPSA) is 31.2 Å². The molecule has 3 heteroatoms. The number of furan rings is 2. The van der Waals surface area contributed by atoms with Crippen LogP contribution in [0.2, 0.25) is 0 Å². The number of hydrogen-bond donors (Lipinski definition) is 0. The Morgan fingerprint density at radius 1 is 0.295 bits per heavy atom. The molecule has 0 bridgehead atoms. The Morgan fingerprint density at radius 3 is 1.44 bits per heavy atom. The fraction of sp³-hybridized carbons (Fsp3) is 0. The molecule has 0 saturated carbocycles. The maximum Gasteiger partial charge on any atom is 0.178 e. The number of aromatic nitrogens is 1. The van der Waals surface area contributed by atoms with Crippen LogP contribution in [0, 0.1) is 0 Å². The van der Waals surface area contributed by atoms with Crippen LogP contribution in [0.15, 0.2) is 221 Å². The van der Waals surface area contributed by atoms with Gasteiger partial charge in [-0.3, -0.25) is 0 Å². The van der Waals surface area contributed by atoms with Gasteiger partial charge in [-0.2, -0.15) is 0 Å². The minimum Gasteiger partial charge on any atom is -0.452 e. The number of para-hydroxylation sites is 2. The van der Waals surface area contributed by atoms with E-state index in [0.29, 0.717) is 0 Å². The van der Waals surface area contributed by atoms with Crippen LogP contribution in [0.1, 0.15) is 0 Å². The lowest BCUT2D eigenvalue weighted by molar-refractivity contribution is 0.612. The maximum atomic E-state index is 6.93. The summed E-state index contributed by atoms with van der Waals surface area (Å²) in [5, 5.41) is 10.4. The Balaban J connectivity index is 1.11. The summed E-state index contributed by atoms with van der Waals surface area (Å²) in [6.07, 6.45) is 0. The first kappa shape index (κ1) is 33.8. The standard InChI is InChI=1S/C58H35NO2/c1-4-18-36(19-5-1)51-46-34-35-47-55-45(30-17-33-50(55)60-57(47)58(46)61-56(51)37-20-6-2-7-21-37)53-41-26-12-10-24-39(41)52(40-25-11-13-27-42(40)53)44-29-16-32-49-54(44)43-28-14-15-31-48(43)59(49)38-22-8-3-9-23-38/h1-35H. The molecule has 13 rings (SSSR count). The Kier molecular flexibility index (Phi) is 7.31. The predicted octanol–water partition coefficient (Wildman–Crippen LogP) is 16.4. The number of fused-ring (bicyclic) bond motifs is 10. The first-order valence-electron chi connectivity index (χ1n) is 20.9. The molecule has 10 aromatic carbocycles. The van der Waals surface area contributed by atoms with Crippen LogP contribution in [0.4, 0.5) is 0 Å². The van der Waals surface area contributed by atoms with Gasteiger partial charge in [-0.1, -0.05) is 170 Å². The van der Waals surface area contributed by atoms with Crippen molar-refractivity contribution < 1.29 is 8.83 Å². The van der Waals surface area contributed by atoms with Gasteiger partial charge in [-0.05, 0) is 91.8 Å². The van der Waals surface area contributed by atoms with Gasteiger partial charge in [-0.25, -0.2) is 0 Å². The molecule has 3 aromatic heterocycles. The zero-order chi connectivity index (χ0) is 40.0. The van der Waals surface area contributed by atoms with Crippen molar-refractivity contribution in [1.29, 1.82) is 0 Å². The van der Waals surface area contributed by atoms with Gasteiger partial charge in [-0.15, -0.1) is 0 Å². The third-order valence-electron chi connectivity index (χ3n) is 12.6. The van der Waals surface area contributed by atoms with E-state index in [1.54, 1.807) is 0 Å². The summed E-state index contributed by atoms with van der Waals surface area (Å²) in [7, 11) is 0. The van der Waals surface area contributed by atoms with Crippen molar-refractivity contribution >= 4 is 76.3 Å². The van der Waals surface area contributed by atoms with Gasteiger partial charge in [0.15, 0.2) is 11.2 Å². The molecule has 61 heavy (non-hydrogen) atoms. The van der Waals surface area contributed by atoms with E-state index in [0.717, 1.165) is 66.6 Å². The monoisotopic (exact) mass is 777 g/mol. The van der Waals surface area contributed by atoms with E-state index in [1.165, 1.54) is 60.0 Å². The third kappa shape index (κ3) is 4.92. The minimum absolute atomic E-state index is 0.755. The highest BCUT2D eigenvalue weighted by Crippen LogP contribution is 2.51. The molecule has 0 unspecified atom stereocenters. The van der Waals surface area contributed by atoms with Crippen molar-refractivity contribution in [2.45, 2.75) is 0 Å². The highest BCUT2D eigenvalue weighted by molar-refractivity contribution is 6.29. The van der Waals surface area contributed by atoms with Gasteiger partial charge < -0.3 is 13.4 Å². The molecule has 0 aliphatic rings. The molecule has 0 saturated heterocycles. The summed E-state index contributed by atoms with van der Waals surface area (Å²) in [4.78, 5) is 0.